The van der Waals surface area contributed by atoms with E-state index in [1.54, 1.807) is 0 Å². The SMILES string of the molecule is CCN(CCCN(C)C)CC(N)C(=O)OC. The lowest BCUT2D eigenvalue weighted by Crippen LogP contribution is -2.43. The average molecular weight is 231 g/mol. The number of hydrogen-bond acceptors (Lipinski definition) is 5. The summed E-state index contributed by atoms with van der Waals surface area (Å²) in [6.45, 7) is 5.54. The average Bonchev–Trinajstić information content (AvgIpc) is 2.25. The Morgan fingerprint density at radius 1 is 1.38 bits per heavy atom. The lowest BCUT2D eigenvalue weighted by molar-refractivity contribution is -0.142. The molecule has 5 heteroatoms. The lowest BCUT2D eigenvalue weighted by Gasteiger charge is -2.23. The molecule has 0 spiro atoms. The third-order valence-corrected chi connectivity index (χ3v) is 2.49. The summed E-state index contributed by atoms with van der Waals surface area (Å²) >= 11 is 0. The number of carbonyl (C=O) groups excluding carboxylic acids is 1. The van der Waals surface area contributed by atoms with Gasteiger partial charge in [0.2, 0.25) is 0 Å². The van der Waals surface area contributed by atoms with Crippen LogP contribution in [0.5, 0.6) is 0 Å². The molecule has 0 aliphatic rings. The molecule has 0 aliphatic heterocycles. The summed E-state index contributed by atoms with van der Waals surface area (Å²) in [6.07, 6.45) is 1.08. The summed E-state index contributed by atoms with van der Waals surface area (Å²) in [5.41, 5.74) is 5.71. The number of ether oxygens (including phenoxy) is 1. The highest BCUT2D eigenvalue weighted by Gasteiger charge is 2.16. The van der Waals surface area contributed by atoms with Crippen LogP contribution >= 0.6 is 0 Å². The molecular formula is C11H25N3O2. The van der Waals surface area contributed by atoms with E-state index in [1.165, 1.54) is 7.11 Å². The van der Waals surface area contributed by atoms with Crippen LogP contribution in [0.3, 0.4) is 0 Å². The van der Waals surface area contributed by atoms with E-state index in [-0.39, 0.29) is 5.97 Å². The summed E-state index contributed by atoms with van der Waals surface area (Å²) in [5, 5.41) is 0. The van der Waals surface area contributed by atoms with Gasteiger partial charge in [-0.25, -0.2) is 0 Å². The second-order valence-corrected chi connectivity index (χ2v) is 4.18. The first-order valence-electron chi connectivity index (χ1n) is 5.71. The number of likely N-dealkylation sites (N-methyl/N-ethyl adjacent to an activating group) is 1. The molecule has 0 saturated carbocycles. The largest absolute Gasteiger partial charge is 0.468 e. The monoisotopic (exact) mass is 231 g/mol. The van der Waals surface area contributed by atoms with Gasteiger partial charge in [-0.2, -0.15) is 0 Å². The molecule has 0 aliphatic carbocycles. The Hall–Kier alpha value is -0.650. The van der Waals surface area contributed by atoms with Crippen LogP contribution in [0, 0.1) is 0 Å². The van der Waals surface area contributed by atoms with Gasteiger partial charge < -0.3 is 20.3 Å². The molecule has 0 aromatic rings. The number of carbonyl (C=O) groups is 1. The van der Waals surface area contributed by atoms with Crippen LogP contribution in [-0.2, 0) is 9.53 Å². The van der Waals surface area contributed by atoms with E-state index in [1.807, 2.05) is 0 Å². The van der Waals surface area contributed by atoms with Crippen molar-refractivity contribution in [3.63, 3.8) is 0 Å². The summed E-state index contributed by atoms with van der Waals surface area (Å²) in [7, 11) is 5.47. The second-order valence-electron chi connectivity index (χ2n) is 4.18. The maximum absolute atomic E-state index is 11.2. The Bertz CT molecular complexity index is 198. The van der Waals surface area contributed by atoms with Crippen LogP contribution in [-0.4, -0.2) is 69.2 Å². The minimum atomic E-state index is -0.538. The zero-order valence-corrected chi connectivity index (χ0v) is 10.9. The van der Waals surface area contributed by atoms with E-state index < -0.39 is 6.04 Å². The molecule has 0 heterocycles. The minimum Gasteiger partial charge on any atom is -0.468 e. The van der Waals surface area contributed by atoms with Crippen LogP contribution in [0.1, 0.15) is 13.3 Å². The zero-order chi connectivity index (χ0) is 12.6. The quantitative estimate of drug-likeness (QED) is 0.584. The van der Waals surface area contributed by atoms with Crippen molar-refractivity contribution in [1.29, 1.82) is 0 Å². The molecule has 0 bridgehead atoms. The predicted molar refractivity (Wildman–Crippen MR) is 65.3 cm³/mol. The molecule has 96 valence electrons. The van der Waals surface area contributed by atoms with Crippen LogP contribution in [0.25, 0.3) is 0 Å². The third-order valence-electron chi connectivity index (χ3n) is 2.49. The van der Waals surface area contributed by atoms with Crippen LogP contribution < -0.4 is 5.73 Å². The number of nitrogens with zero attached hydrogens (tertiary/aromatic N) is 2. The van der Waals surface area contributed by atoms with Crippen molar-refractivity contribution in [1.82, 2.24) is 9.80 Å². The lowest BCUT2D eigenvalue weighted by atomic mass is 10.2. The first-order valence-corrected chi connectivity index (χ1v) is 5.71. The standard InChI is InChI=1S/C11H25N3O2/c1-5-14(8-6-7-13(2)3)9-10(12)11(15)16-4/h10H,5-9,12H2,1-4H3. The van der Waals surface area contributed by atoms with E-state index in [0.717, 1.165) is 26.1 Å². The fourth-order valence-corrected chi connectivity index (χ4v) is 1.49. The van der Waals surface area contributed by atoms with Crippen molar-refractivity contribution < 1.29 is 9.53 Å². The maximum Gasteiger partial charge on any atom is 0.323 e. The van der Waals surface area contributed by atoms with Gasteiger partial charge in [0.25, 0.3) is 0 Å². The fraction of sp³-hybridized carbons (Fsp3) is 0.909. The fourth-order valence-electron chi connectivity index (χ4n) is 1.49. The Labute approximate surface area is 98.5 Å². The molecule has 0 aromatic heterocycles. The molecule has 0 amide bonds. The normalized spacial score (nSPS) is 13.2. The van der Waals surface area contributed by atoms with Gasteiger partial charge in [-0.3, -0.25) is 4.79 Å². The molecule has 0 radical (unpaired) electrons. The van der Waals surface area contributed by atoms with Gasteiger partial charge in [0, 0.05) is 6.54 Å². The van der Waals surface area contributed by atoms with E-state index >= 15 is 0 Å². The Balaban J connectivity index is 3.86. The number of methoxy groups -OCH3 is 1. The molecule has 0 aromatic carbocycles. The van der Waals surface area contributed by atoms with Gasteiger partial charge in [0.1, 0.15) is 6.04 Å². The predicted octanol–water partition coefficient (Wildman–Crippen LogP) is -0.240. The Morgan fingerprint density at radius 3 is 2.44 bits per heavy atom. The van der Waals surface area contributed by atoms with Gasteiger partial charge in [-0.05, 0) is 40.2 Å². The smallest absolute Gasteiger partial charge is 0.323 e. The van der Waals surface area contributed by atoms with Crippen LogP contribution in [0.2, 0.25) is 0 Å². The number of rotatable bonds is 8. The van der Waals surface area contributed by atoms with Gasteiger partial charge in [0.15, 0.2) is 0 Å². The van der Waals surface area contributed by atoms with E-state index in [4.69, 9.17) is 5.73 Å². The van der Waals surface area contributed by atoms with Crippen molar-refractivity contribution in [2.45, 2.75) is 19.4 Å². The van der Waals surface area contributed by atoms with Crippen molar-refractivity contribution in [2.75, 3.05) is 47.4 Å². The van der Waals surface area contributed by atoms with Gasteiger partial charge in [-0.15, -0.1) is 0 Å². The molecule has 0 rings (SSSR count). The minimum absolute atomic E-state index is 0.342. The first-order chi connectivity index (χ1) is 7.51. The summed E-state index contributed by atoms with van der Waals surface area (Å²) in [4.78, 5) is 15.5. The highest BCUT2D eigenvalue weighted by atomic mass is 16.5. The van der Waals surface area contributed by atoms with Crippen molar-refractivity contribution >= 4 is 5.97 Å². The Kier molecular flexibility index (Phi) is 8.15. The molecule has 5 nitrogen and oxygen atoms in total. The van der Waals surface area contributed by atoms with Crippen molar-refractivity contribution in [3.05, 3.63) is 0 Å². The van der Waals surface area contributed by atoms with Gasteiger partial charge in [-0.1, -0.05) is 6.92 Å². The third kappa shape index (κ3) is 6.76. The first kappa shape index (κ1) is 15.3. The van der Waals surface area contributed by atoms with Gasteiger partial charge >= 0.3 is 5.97 Å². The number of esters is 1. The zero-order valence-electron chi connectivity index (χ0n) is 10.9. The highest BCUT2D eigenvalue weighted by molar-refractivity contribution is 5.75. The van der Waals surface area contributed by atoms with Gasteiger partial charge in [0.05, 0.1) is 7.11 Å². The maximum atomic E-state index is 11.2. The molecule has 1 atom stereocenters. The molecule has 16 heavy (non-hydrogen) atoms. The van der Waals surface area contributed by atoms with Crippen molar-refractivity contribution in [2.24, 2.45) is 5.73 Å². The molecule has 0 saturated heterocycles. The van der Waals surface area contributed by atoms with Crippen LogP contribution in [0.15, 0.2) is 0 Å². The van der Waals surface area contributed by atoms with Crippen LogP contribution in [0.4, 0.5) is 0 Å². The molecular weight excluding hydrogens is 206 g/mol. The molecule has 0 fully saturated rings. The summed E-state index contributed by atoms with van der Waals surface area (Å²) in [5.74, 6) is -0.342. The highest BCUT2D eigenvalue weighted by Crippen LogP contribution is 1.96. The number of hydrogen-bond donors (Lipinski definition) is 1. The van der Waals surface area contributed by atoms with E-state index in [2.05, 4.69) is 35.6 Å². The molecule has 2 N–H and O–H groups in total. The van der Waals surface area contributed by atoms with E-state index in [0.29, 0.717) is 6.54 Å². The Morgan fingerprint density at radius 2 is 2.00 bits per heavy atom. The van der Waals surface area contributed by atoms with E-state index in [9.17, 15) is 4.79 Å². The summed E-state index contributed by atoms with van der Waals surface area (Å²) < 4.78 is 4.60. The second kappa shape index (κ2) is 8.50. The molecule has 1 unspecified atom stereocenters. The number of nitrogens with two attached hydrogens (primary N) is 1. The topological polar surface area (TPSA) is 58.8 Å². The summed E-state index contributed by atoms with van der Waals surface area (Å²) in [6, 6.07) is -0.538. The van der Waals surface area contributed by atoms with Crippen molar-refractivity contribution in [3.8, 4) is 0 Å².